The fourth-order valence-corrected chi connectivity index (χ4v) is 1.94. The maximum atomic E-state index is 11.0. The van der Waals surface area contributed by atoms with Crippen molar-refractivity contribution in [2.45, 2.75) is 26.4 Å². The van der Waals surface area contributed by atoms with E-state index in [1.807, 2.05) is 18.2 Å². The molecule has 1 unspecified atom stereocenters. The molecule has 1 aromatic heterocycles. The molecular weight excluding hydrogens is 230 g/mol. The highest BCUT2D eigenvalue weighted by Crippen LogP contribution is 2.12. The summed E-state index contributed by atoms with van der Waals surface area (Å²) in [7, 11) is 0. The molecule has 0 radical (unpaired) electrons. The Bertz CT molecular complexity index is 571. The number of oxazole rings is 1. The van der Waals surface area contributed by atoms with E-state index in [1.165, 1.54) is 0 Å². The summed E-state index contributed by atoms with van der Waals surface area (Å²) in [5.74, 6) is 0.0704. The van der Waals surface area contributed by atoms with Crippen molar-refractivity contribution in [3.05, 3.63) is 34.3 Å². The number of nitrogens with one attached hydrogen (secondary N) is 2. The minimum absolute atomic E-state index is 0.291. The van der Waals surface area contributed by atoms with E-state index < -0.39 is 5.76 Å². The van der Waals surface area contributed by atoms with Gasteiger partial charge in [-0.3, -0.25) is 4.98 Å². The second-order valence-corrected chi connectivity index (χ2v) is 4.81. The quantitative estimate of drug-likeness (QED) is 0.743. The van der Waals surface area contributed by atoms with Gasteiger partial charge in [-0.05, 0) is 23.6 Å². The number of aromatic amines is 1. The molecule has 2 aromatic rings. The summed E-state index contributed by atoms with van der Waals surface area (Å²) >= 11 is 0. The summed E-state index contributed by atoms with van der Waals surface area (Å²) in [6.07, 6.45) is 0. The minimum Gasteiger partial charge on any atom is -0.408 e. The van der Waals surface area contributed by atoms with Gasteiger partial charge in [0, 0.05) is 19.1 Å². The molecule has 0 saturated carbocycles. The molecule has 5 heteroatoms. The number of benzene rings is 1. The molecule has 0 bridgehead atoms. The van der Waals surface area contributed by atoms with Gasteiger partial charge in [-0.2, -0.15) is 0 Å². The molecule has 98 valence electrons. The van der Waals surface area contributed by atoms with Crippen molar-refractivity contribution in [1.82, 2.24) is 10.3 Å². The predicted octanol–water partition coefficient (Wildman–Crippen LogP) is 1.19. The van der Waals surface area contributed by atoms with E-state index in [0.717, 1.165) is 11.1 Å². The van der Waals surface area contributed by atoms with Gasteiger partial charge in [-0.1, -0.05) is 19.9 Å². The van der Waals surface area contributed by atoms with Gasteiger partial charge in [0.15, 0.2) is 5.58 Å². The Kier molecular flexibility index (Phi) is 3.84. The molecule has 0 aliphatic heterocycles. The standard InChI is InChI=1S/C13H19N3O2/c1-8(2)11(6-14)15-7-9-3-4-10-12(5-9)18-13(17)16-10/h3-5,8,11,15H,6-7,14H2,1-2H3,(H,16,17). The first-order valence-corrected chi connectivity index (χ1v) is 6.15. The van der Waals surface area contributed by atoms with Crippen LogP contribution in [0.2, 0.25) is 0 Å². The van der Waals surface area contributed by atoms with E-state index in [0.29, 0.717) is 30.6 Å². The van der Waals surface area contributed by atoms with E-state index in [1.54, 1.807) is 0 Å². The summed E-state index contributed by atoms with van der Waals surface area (Å²) in [5, 5.41) is 3.40. The van der Waals surface area contributed by atoms with Gasteiger partial charge in [0.1, 0.15) is 0 Å². The average molecular weight is 249 g/mol. The highest BCUT2D eigenvalue weighted by Gasteiger charge is 2.10. The highest BCUT2D eigenvalue weighted by atomic mass is 16.4. The van der Waals surface area contributed by atoms with Gasteiger partial charge in [-0.15, -0.1) is 0 Å². The average Bonchev–Trinajstić information content (AvgIpc) is 2.68. The lowest BCUT2D eigenvalue weighted by molar-refractivity contribution is 0.405. The monoisotopic (exact) mass is 249 g/mol. The van der Waals surface area contributed by atoms with Crippen LogP contribution in [0.4, 0.5) is 0 Å². The molecule has 0 aliphatic rings. The van der Waals surface area contributed by atoms with Crippen molar-refractivity contribution in [1.29, 1.82) is 0 Å². The first-order chi connectivity index (χ1) is 8.60. The smallest absolute Gasteiger partial charge is 0.408 e. The van der Waals surface area contributed by atoms with Crippen LogP contribution in [0.25, 0.3) is 11.1 Å². The third-order valence-electron chi connectivity index (χ3n) is 3.11. The number of fused-ring (bicyclic) bond motifs is 1. The van der Waals surface area contributed by atoms with Crippen LogP contribution in [-0.2, 0) is 6.54 Å². The third-order valence-corrected chi connectivity index (χ3v) is 3.11. The summed E-state index contributed by atoms with van der Waals surface area (Å²) in [4.78, 5) is 13.7. The van der Waals surface area contributed by atoms with Crippen LogP contribution in [0.15, 0.2) is 27.4 Å². The number of hydrogen-bond donors (Lipinski definition) is 3. The SMILES string of the molecule is CC(C)C(CN)NCc1ccc2[nH]c(=O)oc2c1. The highest BCUT2D eigenvalue weighted by molar-refractivity contribution is 5.72. The van der Waals surface area contributed by atoms with Crippen molar-refractivity contribution in [3.8, 4) is 0 Å². The van der Waals surface area contributed by atoms with Gasteiger partial charge in [-0.25, -0.2) is 4.79 Å². The Morgan fingerprint density at radius 1 is 1.44 bits per heavy atom. The number of nitrogens with two attached hydrogens (primary N) is 1. The van der Waals surface area contributed by atoms with Gasteiger partial charge in [0.25, 0.3) is 0 Å². The van der Waals surface area contributed by atoms with E-state index in [2.05, 4.69) is 24.1 Å². The first-order valence-electron chi connectivity index (χ1n) is 6.15. The Morgan fingerprint density at radius 2 is 2.22 bits per heavy atom. The van der Waals surface area contributed by atoms with E-state index in [-0.39, 0.29) is 0 Å². The van der Waals surface area contributed by atoms with Crippen LogP contribution >= 0.6 is 0 Å². The normalized spacial score (nSPS) is 13.3. The molecule has 1 atom stereocenters. The maximum absolute atomic E-state index is 11.0. The zero-order chi connectivity index (χ0) is 13.1. The second kappa shape index (κ2) is 5.37. The number of rotatable bonds is 5. The molecule has 18 heavy (non-hydrogen) atoms. The second-order valence-electron chi connectivity index (χ2n) is 4.81. The van der Waals surface area contributed by atoms with Gasteiger partial charge < -0.3 is 15.5 Å². The number of hydrogen-bond acceptors (Lipinski definition) is 4. The molecule has 1 aromatic carbocycles. The summed E-state index contributed by atoms with van der Waals surface area (Å²) in [6, 6.07) is 5.98. The zero-order valence-corrected chi connectivity index (χ0v) is 10.7. The first kappa shape index (κ1) is 12.9. The molecule has 5 nitrogen and oxygen atoms in total. The van der Waals surface area contributed by atoms with Crippen LogP contribution in [0.1, 0.15) is 19.4 Å². The van der Waals surface area contributed by atoms with Crippen molar-refractivity contribution in [3.63, 3.8) is 0 Å². The molecule has 0 saturated heterocycles. The van der Waals surface area contributed by atoms with Crippen LogP contribution in [0.5, 0.6) is 0 Å². The topological polar surface area (TPSA) is 84.0 Å². The molecule has 4 N–H and O–H groups in total. The Hall–Kier alpha value is -1.59. The molecule has 0 aliphatic carbocycles. The van der Waals surface area contributed by atoms with Crippen molar-refractivity contribution in [2.75, 3.05) is 6.54 Å². The summed E-state index contributed by atoms with van der Waals surface area (Å²) in [6.45, 7) is 5.60. The third kappa shape index (κ3) is 2.80. The molecular formula is C13H19N3O2. The fraction of sp³-hybridized carbons (Fsp3) is 0.462. The van der Waals surface area contributed by atoms with Gasteiger partial charge in [0.2, 0.25) is 0 Å². The lowest BCUT2D eigenvalue weighted by atomic mass is 10.0. The summed E-state index contributed by atoms with van der Waals surface area (Å²) in [5.41, 5.74) is 8.09. The number of H-pyrrole nitrogens is 1. The lowest BCUT2D eigenvalue weighted by Gasteiger charge is -2.20. The van der Waals surface area contributed by atoms with Crippen molar-refractivity contribution >= 4 is 11.1 Å². The van der Waals surface area contributed by atoms with Gasteiger partial charge in [0.05, 0.1) is 5.52 Å². The van der Waals surface area contributed by atoms with E-state index in [4.69, 9.17) is 10.2 Å². The van der Waals surface area contributed by atoms with Gasteiger partial charge >= 0.3 is 5.76 Å². The Labute approximate surface area is 105 Å². The van der Waals surface area contributed by atoms with Crippen LogP contribution < -0.4 is 16.8 Å². The molecule has 0 fully saturated rings. The van der Waals surface area contributed by atoms with E-state index in [9.17, 15) is 4.79 Å². The lowest BCUT2D eigenvalue weighted by Crippen LogP contribution is -2.39. The number of aromatic nitrogens is 1. The summed E-state index contributed by atoms with van der Waals surface area (Å²) < 4.78 is 5.03. The largest absolute Gasteiger partial charge is 0.417 e. The molecule has 1 heterocycles. The molecule has 0 spiro atoms. The van der Waals surface area contributed by atoms with E-state index >= 15 is 0 Å². The van der Waals surface area contributed by atoms with Crippen molar-refractivity contribution < 1.29 is 4.42 Å². The zero-order valence-electron chi connectivity index (χ0n) is 10.7. The van der Waals surface area contributed by atoms with Crippen LogP contribution in [-0.4, -0.2) is 17.6 Å². The fourth-order valence-electron chi connectivity index (χ4n) is 1.94. The molecule has 0 amide bonds. The Morgan fingerprint density at radius 3 is 2.89 bits per heavy atom. The van der Waals surface area contributed by atoms with Crippen LogP contribution in [0.3, 0.4) is 0 Å². The van der Waals surface area contributed by atoms with Crippen LogP contribution in [0, 0.1) is 5.92 Å². The minimum atomic E-state index is -0.419. The molecule has 2 rings (SSSR count). The van der Waals surface area contributed by atoms with Crippen molar-refractivity contribution in [2.24, 2.45) is 11.7 Å². The Balaban J connectivity index is 2.09. The maximum Gasteiger partial charge on any atom is 0.417 e. The predicted molar refractivity (Wildman–Crippen MR) is 71.4 cm³/mol.